The zero-order valence-corrected chi connectivity index (χ0v) is 10.7. The first-order valence-corrected chi connectivity index (χ1v) is 6.19. The first-order valence-electron chi connectivity index (χ1n) is 5.38. The van der Waals surface area contributed by atoms with E-state index in [4.69, 9.17) is 5.41 Å². The molecule has 4 heteroatoms. The number of hydrazine groups is 1. The minimum Gasteiger partial charge on any atom is -0.308 e. The molecule has 0 bridgehead atoms. The van der Waals surface area contributed by atoms with Crippen LogP contribution in [0.5, 0.6) is 0 Å². The van der Waals surface area contributed by atoms with Gasteiger partial charge in [0.05, 0.1) is 0 Å². The molecule has 0 radical (unpaired) electrons. The number of hydrogen-bond donors (Lipinski definition) is 3. The summed E-state index contributed by atoms with van der Waals surface area (Å²) in [5.74, 6) is 0. The third kappa shape index (κ3) is 2.91. The lowest BCUT2D eigenvalue weighted by molar-refractivity contribution is 0.717. The van der Waals surface area contributed by atoms with Crippen molar-refractivity contribution in [1.29, 1.82) is 5.41 Å². The fourth-order valence-electron chi connectivity index (χ4n) is 1.51. The van der Waals surface area contributed by atoms with Gasteiger partial charge in [0.25, 0.3) is 0 Å². The summed E-state index contributed by atoms with van der Waals surface area (Å²) in [4.78, 5) is 2.34. The van der Waals surface area contributed by atoms with Gasteiger partial charge in [-0.25, -0.2) is 0 Å². The summed E-state index contributed by atoms with van der Waals surface area (Å²) in [5, 5.41) is 7.28. The standard InChI is InChI=1S/C13H15N3S/c1-9-3-4-11(7-14)6-13(9)17-12-5-10(2)16-15-8-12/h3-8,14-16H,1-2H3. The van der Waals surface area contributed by atoms with Gasteiger partial charge in [-0.3, -0.25) is 0 Å². The maximum atomic E-state index is 7.28. The van der Waals surface area contributed by atoms with Gasteiger partial charge in [-0.05, 0) is 37.1 Å². The molecule has 17 heavy (non-hydrogen) atoms. The SMILES string of the molecule is CC1=CC(Sc2cc(C=N)ccc2C)=CNN1. The zero-order valence-electron chi connectivity index (χ0n) is 9.87. The van der Waals surface area contributed by atoms with Crippen molar-refractivity contribution in [3.05, 3.63) is 52.2 Å². The molecule has 1 aliphatic heterocycles. The monoisotopic (exact) mass is 245 g/mol. The molecule has 0 amide bonds. The van der Waals surface area contributed by atoms with Crippen molar-refractivity contribution in [2.45, 2.75) is 18.7 Å². The molecule has 0 fully saturated rings. The Labute approximate surface area is 105 Å². The van der Waals surface area contributed by atoms with Crippen molar-refractivity contribution in [3.63, 3.8) is 0 Å². The Hall–Kier alpha value is -1.68. The predicted molar refractivity (Wildman–Crippen MR) is 73.0 cm³/mol. The first-order chi connectivity index (χ1) is 8.19. The van der Waals surface area contributed by atoms with E-state index in [-0.39, 0.29) is 0 Å². The summed E-state index contributed by atoms with van der Waals surface area (Å²) in [6.45, 7) is 4.10. The van der Waals surface area contributed by atoms with Crippen molar-refractivity contribution >= 4 is 18.0 Å². The van der Waals surface area contributed by atoms with Crippen LogP contribution in [0.15, 0.2) is 46.0 Å². The van der Waals surface area contributed by atoms with Crippen LogP contribution in [0.1, 0.15) is 18.1 Å². The number of rotatable bonds is 3. The van der Waals surface area contributed by atoms with Gasteiger partial charge >= 0.3 is 0 Å². The first kappa shape index (κ1) is 11.8. The molecule has 3 nitrogen and oxygen atoms in total. The molecule has 0 spiro atoms. The predicted octanol–water partition coefficient (Wildman–Crippen LogP) is 2.94. The number of benzene rings is 1. The molecule has 2 rings (SSSR count). The van der Waals surface area contributed by atoms with Crippen LogP contribution in [-0.4, -0.2) is 6.21 Å². The Morgan fingerprint density at radius 1 is 1.29 bits per heavy atom. The highest BCUT2D eigenvalue weighted by Crippen LogP contribution is 2.31. The van der Waals surface area contributed by atoms with Crippen molar-refractivity contribution in [3.8, 4) is 0 Å². The van der Waals surface area contributed by atoms with Crippen LogP contribution in [0, 0.1) is 12.3 Å². The Bertz CT molecular complexity index is 503. The summed E-state index contributed by atoms with van der Waals surface area (Å²) in [6.07, 6.45) is 5.41. The highest BCUT2D eigenvalue weighted by atomic mass is 32.2. The maximum Gasteiger partial charge on any atom is 0.0318 e. The van der Waals surface area contributed by atoms with Crippen molar-refractivity contribution in [1.82, 2.24) is 10.9 Å². The Balaban J connectivity index is 2.24. The Morgan fingerprint density at radius 3 is 2.82 bits per heavy atom. The van der Waals surface area contributed by atoms with Crippen LogP contribution in [0.4, 0.5) is 0 Å². The fourth-order valence-corrected chi connectivity index (χ4v) is 2.55. The minimum atomic E-state index is 0.932. The van der Waals surface area contributed by atoms with E-state index in [9.17, 15) is 0 Å². The Kier molecular flexibility index (Phi) is 3.54. The third-order valence-corrected chi connectivity index (χ3v) is 3.58. The topological polar surface area (TPSA) is 47.9 Å². The molecule has 1 aromatic rings. The molecule has 0 aromatic heterocycles. The summed E-state index contributed by atoms with van der Waals surface area (Å²) < 4.78 is 0. The number of nitrogens with one attached hydrogen (secondary N) is 3. The van der Waals surface area contributed by atoms with Gasteiger partial charge in [0.1, 0.15) is 0 Å². The number of allylic oxidation sites excluding steroid dienone is 2. The van der Waals surface area contributed by atoms with Gasteiger partial charge in [-0.2, -0.15) is 0 Å². The third-order valence-electron chi connectivity index (χ3n) is 2.45. The molecule has 1 heterocycles. The lowest BCUT2D eigenvalue weighted by Gasteiger charge is -2.15. The second kappa shape index (κ2) is 5.10. The maximum absolute atomic E-state index is 7.28. The van der Waals surface area contributed by atoms with Gasteiger partial charge < -0.3 is 16.3 Å². The number of thioether (sulfide) groups is 1. The van der Waals surface area contributed by atoms with Crippen LogP contribution in [0.2, 0.25) is 0 Å². The lowest BCUT2D eigenvalue weighted by atomic mass is 10.2. The smallest absolute Gasteiger partial charge is 0.0318 e. The van der Waals surface area contributed by atoms with Crippen LogP contribution in [-0.2, 0) is 0 Å². The minimum absolute atomic E-state index is 0.932. The van der Waals surface area contributed by atoms with Crippen LogP contribution in [0.25, 0.3) is 0 Å². The average molecular weight is 245 g/mol. The van der Waals surface area contributed by atoms with Gasteiger partial charge in [0.15, 0.2) is 0 Å². The van der Waals surface area contributed by atoms with Gasteiger partial charge in [0.2, 0.25) is 0 Å². The van der Waals surface area contributed by atoms with E-state index in [2.05, 4.69) is 23.9 Å². The van der Waals surface area contributed by atoms with E-state index in [1.807, 2.05) is 31.3 Å². The highest BCUT2D eigenvalue weighted by Gasteiger charge is 2.06. The average Bonchev–Trinajstić information content (AvgIpc) is 2.32. The molecule has 1 aromatic carbocycles. The Morgan fingerprint density at radius 2 is 2.12 bits per heavy atom. The molecule has 0 aliphatic carbocycles. The molecule has 0 atom stereocenters. The van der Waals surface area contributed by atoms with Gasteiger partial charge in [-0.1, -0.05) is 23.9 Å². The summed E-state index contributed by atoms with van der Waals surface area (Å²) in [5.41, 5.74) is 9.28. The van der Waals surface area contributed by atoms with Crippen molar-refractivity contribution in [2.24, 2.45) is 0 Å². The molecule has 3 N–H and O–H groups in total. The summed E-state index contributed by atoms with van der Waals surface area (Å²) >= 11 is 1.70. The van der Waals surface area contributed by atoms with E-state index in [1.165, 1.54) is 16.7 Å². The van der Waals surface area contributed by atoms with E-state index >= 15 is 0 Å². The zero-order chi connectivity index (χ0) is 12.3. The second-order valence-electron chi connectivity index (χ2n) is 3.91. The fraction of sp³-hybridized carbons (Fsp3) is 0.154. The molecule has 1 aliphatic rings. The van der Waals surface area contributed by atoms with E-state index in [0.717, 1.165) is 16.2 Å². The molecule has 0 saturated carbocycles. The summed E-state index contributed by atoms with van der Waals surface area (Å²) in [7, 11) is 0. The molecular formula is C13H15N3S. The van der Waals surface area contributed by atoms with Gasteiger partial charge in [-0.15, -0.1) is 0 Å². The lowest BCUT2D eigenvalue weighted by Crippen LogP contribution is -2.27. The molecule has 88 valence electrons. The normalized spacial score (nSPS) is 14.2. The van der Waals surface area contributed by atoms with E-state index < -0.39 is 0 Å². The van der Waals surface area contributed by atoms with Crippen LogP contribution >= 0.6 is 11.8 Å². The van der Waals surface area contributed by atoms with Crippen LogP contribution in [0.3, 0.4) is 0 Å². The molecule has 0 saturated heterocycles. The highest BCUT2D eigenvalue weighted by molar-refractivity contribution is 8.03. The van der Waals surface area contributed by atoms with Crippen molar-refractivity contribution < 1.29 is 0 Å². The summed E-state index contributed by atoms with van der Waals surface area (Å²) in [6, 6.07) is 6.05. The number of hydrogen-bond acceptors (Lipinski definition) is 4. The van der Waals surface area contributed by atoms with Crippen LogP contribution < -0.4 is 10.9 Å². The largest absolute Gasteiger partial charge is 0.308 e. The van der Waals surface area contributed by atoms with E-state index in [0.29, 0.717) is 0 Å². The second-order valence-corrected chi connectivity index (χ2v) is 5.03. The van der Waals surface area contributed by atoms with Crippen molar-refractivity contribution in [2.75, 3.05) is 0 Å². The quantitative estimate of drug-likeness (QED) is 0.718. The van der Waals surface area contributed by atoms with E-state index in [1.54, 1.807) is 11.8 Å². The van der Waals surface area contributed by atoms with Gasteiger partial charge in [0, 0.05) is 27.9 Å². The number of aryl methyl sites for hydroxylation is 1. The molecule has 0 unspecified atom stereocenters. The molecular weight excluding hydrogens is 230 g/mol.